The molecule has 0 bridgehead atoms. The third kappa shape index (κ3) is 5.77. The van der Waals surface area contributed by atoms with Crippen LogP contribution in [0.2, 0.25) is 0 Å². The number of hydrogen-bond acceptors (Lipinski definition) is 5. The van der Waals surface area contributed by atoms with Crippen LogP contribution in [-0.2, 0) is 0 Å². The maximum absolute atomic E-state index is 12.6. The van der Waals surface area contributed by atoms with E-state index in [9.17, 15) is 13.2 Å². The summed E-state index contributed by atoms with van der Waals surface area (Å²) >= 11 is 0. The highest BCUT2D eigenvalue weighted by atomic mass is 19.4. The summed E-state index contributed by atoms with van der Waals surface area (Å²) in [7, 11) is 2.01. The number of anilines is 1. The molecule has 0 amide bonds. The fraction of sp³-hybridized carbons (Fsp3) is 0.360. The van der Waals surface area contributed by atoms with Crippen molar-refractivity contribution in [1.82, 2.24) is 19.7 Å². The van der Waals surface area contributed by atoms with E-state index in [0.29, 0.717) is 17.2 Å². The summed E-state index contributed by atoms with van der Waals surface area (Å²) < 4.78 is 44.7. The fourth-order valence-electron chi connectivity index (χ4n) is 3.47. The third-order valence-corrected chi connectivity index (χ3v) is 5.80. The van der Waals surface area contributed by atoms with Crippen LogP contribution in [0, 0.1) is 13.8 Å². The molecule has 1 fully saturated rings. The fourth-order valence-corrected chi connectivity index (χ4v) is 3.47. The summed E-state index contributed by atoms with van der Waals surface area (Å²) in [5.41, 5.74) is 5.88. The summed E-state index contributed by atoms with van der Waals surface area (Å²) in [4.78, 5) is 8.90. The van der Waals surface area contributed by atoms with E-state index in [-0.39, 0.29) is 6.54 Å². The Kier molecular flexibility index (Phi) is 6.92. The van der Waals surface area contributed by atoms with Crippen LogP contribution in [0.3, 0.4) is 0 Å². The van der Waals surface area contributed by atoms with Crippen LogP contribution in [0.15, 0.2) is 53.6 Å². The van der Waals surface area contributed by atoms with Gasteiger partial charge in [0.15, 0.2) is 11.5 Å². The van der Waals surface area contributed by atoms with E-state index < -0.39 is 12.6 Å². The number of nitrogens with one attached hydrogen (secondary N) is 2. The van der Waals surface area contributed by atoms with Crippen LogP contribution in [-0.4, -0.2) is 40.2 Å². The van der Waals surface area contributed by atoms with E-state index in [2.05, 4.69) is 26.7 Å². The number of alkyl halides is 3. The summed E-state index contributed by atoms with van der Waals surface area (Å²) in [6.45, 7) is 3.79. The van der Waals surface area contributed by atoms with Crippen LogP contribution >= 0.6 is 0 Å². The zero-order valence-electron chi connectivity index (χ0n) is 19.4. The van der Waals surface area contributed by atoms with E-state index in [1.54, 1.807) is 18.5 Å². The molecule has 5 rings (SSSR count). The number of aryl methyl sites for hydroxylation is 2. The highest BCUT2D eigenvalue weighted by molar-refractivity contribution is 5.74. The van der Waals surface area contributed by atoms with E-state index in [4.69, 9.17) is 4.42 Å². The Hall–Kier alpha value is -3.33. The van der Waals surface area contributed by atoms with Gasteiger partial charge in [0.2, 0.25) is 0 Å². The number of aromatic nitrogens is 3. The number of halogens is 3. The molecule has 2 N–H and O–H groups in total. The number of fused-ring (bicyclic) bond motifs is 1. The Balaban J connectivity index is 0.000000486. The predicted molar refractivity (Wildman–Crippen MR) is 127 cm³/mol. The van der Waals surface area contributed by atoms with E-state index >= 15 is 0 Å². The molecule has 34 heavy (non-hydrogen) atoms. The van der Waals surface area contributed by atoms with Gasteiger partial charge in [0, 0.05) is 29.9 Å². The first kappa shape index (κ1) is 23.8. The van der Waals surface area contributed by atoms with Gasteiger partial charge in [-0.15, -0.1) is 0 Å². The Morgan fingerprint density at radius 2 is 1.91 bits per heavy atom. The molecule has 1 aliphatic carbocycles. The van der Waals surface area contributed by atoms with Gasteiger partial charge in [-0.2, -0.15) is 13.2 Å². The van der Waals surface area contributed by atoms with Gasteiger partial charge < -0.3 is 15.1 Å². The molecule has 3 aromatic heterocycles. The average molecular weight is 472 g/mol. The van der Waals surface area contributed by atoms with Gasteiger partial charge in [-0.05, 0) is 57.0 Å². The van der Waals surface area contributed by atoms with Crippen LogP contribution < -0.4 is 10.6 Å². The van der Waals surface area contributed by atoms with E-state index in [1.165, 1.54) is 24.7 Å². The van der Waals surface area contributed by atoms with Crippen molar-refractivity contribution in [1.29, 1.82) is 0 Å². The minimum atomic E-state index is -4.24. The monoisotopic (exact) mass is 471 g/mol. The molecule has 9 heteroatoms. The molecule has 180 valence electrons. The minimum Gasteiger partial charge on any atom is -0.472 e. The first-order chi connectivity index (χ1) is 16.2. The molecule has 1 aliphatic rings. The molecule has 0 aliphatic heterocycles. The number of nitrogens with zero attached hydrogens (tertiary/aromatic N) is 3. The SMILES string of the molecule is CNC1CC1.Cc1ccc(-c2cnc3c(NCCC(F)(F)F)nc(-c4ccoc4)cn23)cc1C. The lowest BCUT2D eigenvalue weighted by atomic mass is 10.0. The number of benzene rings is 1. The molecule has 0 atom stereocenters. The second-order valence-corrected chi connectivity index (χ2v) is 8.48. The van der Waals surface area contributed by atoms with E-state index in [1.807, 2.05) is 43.6 Å². The average Bonchev–Trinajstić information content (AvgIpc) is 3.29. The lowest BCUT2D eigenvalue weighted by molar-refractivity contribution is -0.131. The van der Waals surface area contributed by atoms with Crippen molar-refractivity contribution in [2.45, 2.75) is 45.3 Å². The van der Waals surface area contributed by atoms with Crippen molar-refractivity contribution in [3.63, 3.8) is 0 Å². The molecule has 0 unspecified atom stereocenters. The summed E-state index contributed by atoms with van der Waals surface area (Å²) in [6.07, 6.45) is 4.18. The number of furan rings is 1. The zero-order valence-corrected chi connectivity index (χ0v) is 19.4. The van der Waals surface area contributed by atoms with Crippen molar-refractivity contribution >= 4 is 11.5 Å². The van der Waals surface area contributed by atoms with Gasteiger partial charge >= 0.3 is 6.18 Å². The normalized spacial score (nSPS) is 13.6. The largest absolute Gasteiger partial charge is 0.472 e. The smallest absolute Gasteiger partial charge is 0.390 e. The second-order valence-electron chi connectivity index (χ2n) is 8.48. The van der Waals surface area contributed by atoms with Gasteiger partial charge in [-0.3, -0.25) is 4.40 Å². The van der Waals surface area contributed by atoms with Crippen LogP contribution in [0.25, 0.3) is 28.2 Å². The molecule has 1 aromatic carbocycles. The van der Waals surface area contributed by atoms with E-state index in [0.717, 1.165) is 28.4 Å². The van der Waals surface area contributed by atoms with Crippen molar-refractivity contribution in [3.05, 3.63) is 60.3 Å². The molecule has 1 saturated carbocycles. The molecular formula is C25H28F3N5O. The number of imidazole rings is 1. The molecule has 3 heterocycles. The molecule has 0 radical (unpaired) electrons. The number of hydrogen-bond donors (Lipinski definition) is 2. The van der Waals surface area contributed by atoms with Crippen LogP contribution in [0.1, 0.15) is 30.4 Å². The van der Waals surface area contributed by atoms with Crippen molar-refractivity contribution in [3.8, 4) is 22.5 Å². The van der Waals surface area contributed by atoms with Crippen molar-refractivity contribution in [2.24, 2.45) is 0 Å². The predicted octanol–water partition coefficient (Wildman–Crippen LogP) is 6.01. The Bertz CT molecular complexity index is 1240. The van der Waals surface area contributed by atoms with Gasteiger partial charge in [-0.1, -0.05) is 12.1 Å². The van der Waals surface area contributed by atoms with Crippen LogP contribution in [0.4, 0.5) is 19.0 Å². The molecular weight excluding hydrogens is 443 g/mol. The quantitative estimate of drug-likeness (QED) is 0.361. The topological polar surface area (TPSA) is 67.4 Å². The van der Waals surface area contributed by atoms with Crippen molar-refractivity contribution in [2.75, 3.05) is 18.9 Å². The Morgan fingerprint density at radius 3 is 2.50 bits per heavy atom. The van der Waals surface area contributed by atoms with Gasteiger partial charge in [0.05, 0.1) is 36.5 Å². The Labute approximate surface area is 196 Å². The highest BCUT2D eigenvalue weighted by Gasteiger charge is 2.26. The molecule has 0 saturated heterocycles. The molecule has 0 spiro atoms. The molecule has 4 aromatic rings. The van der Waals surface area contributed by atoms with Crippen LogP contribution in [0.5, 0.6) is 0 Å². The maximum Gasteiger partial charge on any atom is 0.390 e. The highest BCUT2D eigenvalue weighted by Crippen LogP contribution is 2.29. The lowest BCUT2D eigenvalue weighted by Gasteiger charge is -2.12. The van der Waals surface area contributed by atoms with Gasteiger partial charge in [-0.25, -0.2) is 9.97 Å². The Morgan fingerprint density at radius 1 is 1.12 bits per heavy atom. The van der Waals surface area contributed by atoms with Gasteiger partial charge in [0.1, 0.15) is 0 Å². The zero-order chi connectivity index (χ0) is 24.3. The standard InChI is InChI=1S/C21H19F3N4O.C4H9N/c1-13-3-4-15(9-14(13)2)18-10-26-20-19(25-7-6-21(22,23)24)27-17(11-28(18)20)16-5-8-29-12-16;1-5-4-2-3-4/h3-5,8-12H,6-7H2,1-2H3,(H,25,27);4-5H,2-3H2,1H3. The first-order valence-corrected chi connectivity index (χ1v) is 11.2. The summed E-state index contributed by atoms with van der Waals surface area (Å²) in [5.74, 6) is 0.294. The minimum absolute atomic E-state index is 0.285. The third-order valence-electron chi connectivity index (χ3n) is 5.80. The summed E-state index contributed by atoms with van der Waals surface area (Å²) in [5, 5.41) is 5.93. The lowest BCUT2D eigenvalue weighted by Crippen LogP contribution is -2.15. The van der Waals surface area contributed by atoms with Crippen molar-refractivity contribution < 1.29 is 17.6 Å². The first-order valence-electron chi connectivity index (χ1n) is 11.2. The number of rotatable bonds is 6. The molecule has 6 nitrogen and oxygen atoms in total. The maximum atomic E-state index is 12.6. The van der Waals surface area contributed by atoms with Gasteiger partial charge in [0.25, 0.3) is 0 Å². The summed E-state index contributed by atoms with van der Waals surface area (Å²) in [6, 6.07) is 8.73. The second kappa shape index (κ2) is 9.89.